The SMILES string of the molecule is CCC/C=[CH]/[Sn]([CH2]CCC)([CH2]CCC)[CH2]CCCCC[n+]1ccn(CC)c1. The third kappa shape index (κ3) is 10.8. The van der Waals surface area contributed by atoms with Gasteiger partial charge in [-0.3, -0.25) is 0 Å². The zero-order chi connectivity index (χ0) is 19.8. The van der Waals surface area contributed by atoms with Crippen molar-refractivity contribution in [3.8, 4) is 0 Å². The summed E-state index contributed by atoms with van der Waals surface area (Å²) in [4.78, 5) is 0. The van der Waals surface area contributed by atoms with Gasteiger partial charge in [0.1, 0.15) is 0 Å². The van der Waals surface area contributed by atoms with Crippen LogP contribution in [0.2, 0.25) is 13.3 Å². The van der Waals surface area contributed by atoms with Crippen LogP contribution in [-0.4, -0.2) is 22.9 Å². The van der Waals surface area contributed by atoms with Gasteiger partial charge in [0.2, 0.25) is 0 Å². The van der Waals surface area contributed by atoms with Crippen molar-refractivity contribution in [2.75, 3.05) is 0 Å². The molecule has 0 amide bonds. The monoisotopic (exact) mass is 483 g/mol. The Morgan fingerprint density at radius 3 is 2.07 bits per heavy atom. The van der Waals surface area contributed by atoms with E-state index in [9.17, 15) is 0 Å². The Labute approximate surface area is 174 Å². The predicted octanol–water partition coefficient (Wildman–Crippen LogP) is 7.30. The fourth-order valence-electron chi connectivity index (χ4n) is 4.07. The maximum atomic E-state index is 2.84. The van der Waals surface area contributed by atoms with E-state index >= 15 is 0 Å². The van der Waals surface area contributed by atoms with Crippen molar-refractivity contribution in [1.82, 2.24) is 4.57 Å². The number of rotatable bonds is 17. The first-order valence-corrected chi connectivity index (χ1v) is 19.6. The molecule has 0 aromatic carbocycles. The molecule has 2 nitrogen and oxygen atoms in total. The fraction of sp³-hybridized carbons (Fsp3) is 0.792. The molecule has 0 fully saturated rings. The van der Waals surface area contributed by atoms with Gasteiger partial charge in [-0.15, -0.1) is 0 Å². The van der Waals surface area contributed by atoms with Gasteiger partial charge < -0.3 is 0 Å². The average Bonchev–Trinajstić information content (AvgIpc) is 3.15. The van der Waals surface area contributed by atoms with Crippen LogP contribution < -0.4 is 4.57 Å². The summed E-state index contributed by atoms with van der Waals surface area (Å²) in [6, 6.07) is 0. The summed E-state index contributed by atoms with van der Waals surface area (Å²) in [6.07, 6.45) is 23.2. The Hall–Kier alpha value is -0.251. The summed E-state index contributed by atoms with van der Waals surface area (Å²) >= 11 is -2.04. The van der Waals surface area contributed by atoms with E-state index in [2.05, 4.69) is 65.7 Å². The number of allylic oxidation sites excluding steroid dienone is 1. The zero-order valence-corrected chi connectivity index (χ0v) is 21.7. The third-order valence-corrected chi connectivity index (χ3v) is 20.2. The van der Waals surface area contributed by atoms with E-state index in [1.807, 2.05) is 0 Å². The molecule has 0 aliphatic heterocycles. The molecule has 0 radical (unpaired) electrons. The molecular weight excluding hydrogens is 435 g/mol. The minimum absolute atomic E-state index is 1.07. The summed E-state index contributed by atoms with van der Waals surface area (Å²) < 4.78 is 12.3. The van der Waals surface area contributed by atoms with Crippen LogP contribution >= 0.6 is 0 Å². The second-order valence-corrected chi connectivity index (χ2v) is 21.4. The second kappa shape index (κ2) is 15.6. The van der Waals surface area contributed by atoms with Crippen molar-refractivity contribution in [3.63, 3.8) is 0 Å². The molecule has 1 aromatic rings. The van der Waals surface area contributed by atoms with E-state index in [0.717, 1.165) is 6.54 Å². The topological polar surface area (TPSA) is 8.81 Å². The molecule has 0 saturated carbocycles. The van der Waals surface area contributed by atoms with Gasteiger partial charge in [-0.1, -0.05) is 0 Å². The molecular formula is C24H47N2Sn+. The van der Waals surface area contributed by atoms with Crippen LogP contribution in [0.3, 0.4) is 0 Å². The van der Waals surface area contributed by atoms with E-state index in [0.29, 0.717) is 0 Å². The normalized spacial score (nSPS) is 12.3. The molecule has 156 valence electrons. The number of aryl methyl sites for hydroxylation is 2. The van der Waals surface area contributed by atoms with Crippen LogP contribution in [-0.2, 0) is 13.1 Å². The summed E-state index contributed by atoms with van der Waals surface area (Å²) in [5.74, 6) is 0. The van der Waals surface area contributed by atoms with Crippen molar-refractivity contribution >= 4 is 18.4 Å². The third-order valence-electron chi connectivity index (χ3n) is 5.94. The number of unbranched alkanes of at least 4 members (excludes halogenated alkanes) is 6. The number of hydrogen-bond acceptors (Lipinski definition) is 0. The number of hydrogen-bond donors (Lipinski definition) is 0. The molecule has 27 heavy (non-hydrogen) atoms. The molecule has 0 aliphatic rings. The van der Waals surface area contributed by atoms with Gasteiger partial charge in [-0.05, 0) is 0 Å². The summed E-state index contributed by atoms with van der Waals surface area (Å²) in [6.45, 7) is 11.5. The van der Waals surface area contributed by atoms with Crippen LogP contribution in [0.15, 0.2) is 28.9 Å². The van der Waals surface area contributed by atoms with Crippen molar-refractivity contribution < 1.29 is 4.57 Å². The molecule has 0 atom stereocenters. The first-order chi connectivity index (χ1) is 13.2. The molecule has 0 unspecified atom stereocenters. The number of aromatic nitrogens is 2. The van der Waals surface area contributed by atoms with E-state index in [1.165, 1.54) is 70.8 Å². The zero-order valence-electron chi connectivity index (χ0n) is 18.9. The molecule has 0 aliphatic carbocycles. The van der Waals surface area contributed by atoms with Crippen molar-refractivity contribution in [2.24, 2.45) is 0 Å². The number of imidazole rings is 1. The maximum absolute atomic E-state index is 2.84. The van der Waals surface area contributed by atoms with Crippen LogP contribution in [0.4, 0.5) is 0 Å². The summed E-state index contributed by atoms with van der Waals surface area (Å²) in [5.41, 5.74) is 0. The predicted molar refractivity (Wildman–Crippen MR) is 123 cm³/mol. The van der Waals surface area contributed by atoms with Gasteiger partial charge in [0.25, 0.3) is 0 Å². The Kier molecular flexibility index (Phi) is 14.4. The van der Waals surface area contributed by atoms with E-state index in [-0.39, 0.29) is 0 Å². The van der Waals surface area contributed by atoms with Crippen LogP contribution in [0.5, 0.6) is 0 Å². The van der Waals surface area contributed by atoms with Crippen molar-refractivity contribution in [3.05, 3.63) is 28.9 Å². The van der Waals surface area contributed by atoms with Gasteiger partial charge in [-0.25, -0.2) is 0 Å². The molecule has 0 saturated heterocycles. The van der Waals surface area contributed by atoms with E-state index in [4.69, 9.17) is 0 Å². The van der Waals surface area contributed by atoms with E-state index < -0.39 is 18.4 Å². The summed E-state index contributed by atoms with van der Waals surface area (Å²) in [5, 5.41) is 0. The van der Waals surface area contributed by atoms with Crippen LogP contribution in [0.25, 0.3) is 0 Å². The quantitative estimate of drug-likeness (QED) is 0.125. The van der Waals surface area contributed by atoms with E-state index in [1.54, 1.807) is 13.3 Å². The molecule has 1 rings (SSSR count). The molecule has 0 bridgehead atoms. The van der Waals surface area contributed by atoms with Gasteiger partial charge in [0.05, 0.1) is 0 Å². The second-order valence-electron chi connectivity index (χ2n) is 8.41. The Bertz CT molecular complexity index is 484. The molecule has 3 heteroatoms. The Balaban J connectivity index is 2.42. The first-order valence-electron chi connectivity index (χ1n) is 11.9. The van der Waals surface area contributed by atoms with Crippen LogP contribution in [0.1, 0.15) is 91.9 Å². The molecule has 1 heterocycles. The van der Waals surface area contributed by atoms with Crippen LogP contribution in [0, 0.1) is 0 Å². The Morgan fingerprint density at radius 2 is 1.48 bits per heavy atom. The van der Waals surface area contributed by atoms with Gasteiger partial charge >= 0.3 is 175 Å². The fourth-order valence-corrected chi connectivity index (χ4v) is 18.3. The minimum atomic E-state index is -2.04. The molecule has 1 aromatic heterocycles. The number of nitrogens with zero attached hydrogens (tertiary/aromatic N) is 2. The van der Waals surface area contributed by atoms with Gasteiger partial charge in [0, 0.05) is 0 Å². The standard InChI is InChI=1S/C11H20N2.C5H9.2C4H9.Sn/c1-3-5-6-7-8-13-10-9-12(4-2)11-13;1-3-5-4-2;2*1-3-4-2;/h9-11H,1,3-8H2,2H3;1,3H,4-5H2,2H3;2*1,3-4H2,2H3;/q+1;;;;. The average molecular weight is 482 g/mol. The van der Waals surface area contributed by atoms with Crippen molar-refractivity contribution in [1.29, 1.82) is 0 Å². The van der Waals surface area contributed by atoms with Gasteiger partial charge in [0.15, 0.2) is 0 Å². The van der Waals surface area contributed by atoms with Gasteiger partial charge in [-0.2, -0.15) is 0 Å². The molecule has 0 spiro atoms. The first kappa shape index (κ1) is 24.8. The summed E-state index contributed by atoms with van der Waals surface area (Å²) in [7, 11) is 0. The van der Waals surface area contributed by atoms with Crippen molar-refractivity contribution in [2.45, 2.75) is 118 Å². The molecule has 0 N–H and O–H groups in total. The Morgan fingerprint density at radius 1 is 0.815 bits per heavy atom.